The van der Waals surface area contributed by atoms with E-state index < -0.39 is 29.7 Å². The fourth-order valence-corrected chi connectivity index (χ4v) is 2.43. The highest BCUT2D eigenvalue weighted by molar-refractivity contribution is 6.18. The maximum atomic E-state index is 12.5. The van der Waals surface area contributed by atoms with Gasteiger partial charge < -0.3 is 15.2 Å². The number of carbonyl (C=O) groups excluding carboxylic acids is 4. The van der Waals surface area contributed by atoms with Gasteiger partial charge >= 0.3 is 6.03 Å². The highest BCUT2D eigenvalue weighted by Crippen LogP contribution is 2.21. The monoisotopic (exact) mass is 344 g/mol. The number of urea groups is 1. The van der Waals surface area contributed by atoms with Crippen LogP contribution in [0.25, 0.3) is 0 Å². The molecule has 0 spiro atoms. The Labute approximate surface area is 144 Å². The van der Waals surface area contributed by atoms with Crippen molar-refractivity contribution in [1.82, 2.24) is 10.2 Å². The molecule has 2 rings (SSSR count). The highest BCUT2D eigenvalue weighted by atomic mass is 16.4. The Bertz CT molecular complexity index is 744. The van der Waals surface area contributed by atoms with E-state index in [0.29, 0.717) is 12.1 Å². The van der Waals surface area contributed by atoms with Crippen molar-refractivity contribution < 1.29 is 24.3 Å². The van der Waals surface area contributed by atoms with E-state index >= 15 is 0 Å². The molecule has 1 fully saturated rings. The lowest BCUT2D eigenvalue weighted by Crippen LogP contribution is -2.58. The molecule has 2 N–H and O–H groups in total. The third-order valence-electron chi connectivity index (χ3n) is 3.74. The molecule has 1 aromatic rings. The number of hydrogen-bond acceptors (Lipinski definition) is 6. The number of nitrogens with one attached hydrogen (secondary N) is 2. The number of carboxylic acid groups (broad SMARTS) is 1. The zero-order valence-electron chi connectivity index (χ0n) is 13.7. The zero-order valence-corrected chi connectivity index (χ0v) is 13.7. The fourth-order valence-electron chi connectivity index (χ4n) is 2.43. The predicted octanol–water partition coefficient (Wildman–Crippen LogP) is 0.470. The minimum absolute atomic E-state index is 0.0481. The van der Waals surface area contributed by atoms with Crippen molar-refractivity contribution in [1.29, 1.82) is 0 Å². The second kappa shape index (κ2) is 7.61. The molecule has 132 valence electrons. The first-order valence-electron chi connectivity index (χ1n) is 7.78. The van der Waals surface area contributed by atoms with Crippen molar-refractivity contribution in [3.8, 4) is 0 Å². The van der Waals surface area contributed by atoms with Gasteiger partial charge in [-0.1, -0.05) is 32.1 Å². The summed E-state index contributed by atoms with van der Waals surface area (Å²) in [5.74, 6) is -4.05. The van der Waals surface area contributed by atoms with Gasteiger partial charge in [0.05, 0.1) is 5.97 Å². The lowest BCUT2D eigenvalue weighted by atomic mass is 10.0. The van der Waals surface area contributed by atoms with Crippen molar-refractivity contribution in [3.05, 3.63) is 42.1 Å². The van der Waals surface area contributed by atoms with Crippen LogP contribution in [0.15, 0.2) is 36.5 Å². The maximum absolute atomic E-state index is 12.5. The molecule has 0 aliphatic carbocycles. The summed E-state index contributed by atoms with van der Waals surface area (Å²) in [6.07, 6.45) is 1.40. The Morgan fingerprint density at radius 3 is 2.72 bits per heavy atom. The van der Waals surface area contributed by atoms with Crippen LogP contribution < -0.4 is 15.7 Å². The third-order valence-corrected chi connectivity index (χ3v) is 3.74. The standard InChI is InChI=1S/C17H19N3O5/c1-3-4-8-20-15(22)13(14(21)19-17(20)25)10(2)18-12-7-5-6-11(9-12)16(23)24/h5-7,9,13,18H,2-4,8H2,1H3,(H,23,24)(H,19,21,25)/p-1/t13-/m0/s1. The van der Waals surface area contributed by atoms with Crippen molar-refractivity contribution in [2.24, 2.45) is 5.92 Å². The van der Waals surface area contributed by atoms with Crippen LogP contribution in [0.4, 0.5) is 10.5 Å². The Morgan fingerprint density at radius 1 is 1.36 bits per heavy atom. The molecule has 0 aromatic heterocycles. The number of hydrogen-bond donors (Lipinski definition) is 2. The Morgan fingerprint density at radius 2 is 2.08 bits per heavy atom. The van der Waals surface area contributed by atoms with E-state index in [1.807, 2.05) is 6.92 Å². The molecule has 1 heterocycles. The zero-order chi connectivity index (χ0) is 18.6. The normalized spacial score (nSPS) is 17.2. The van der Waals surface area contributed by atoms with E-state index in [9.17, 15) is 24.3 Å². The molecular formula is C17H18N3O5-. The number of unbranched alkanes of at least 4 members (excludes halogenated alkanes) is 1. The van der Waals surface area contributed by atoms with E-state index in [1.54, 1.807) is 6.07 Å². The number of aromatic carboxylic acids is 1. The molecule has 25 heavy (non-hydrogen) atoms. The van der Waals surface area contributed by atoms with Gasteiger partial charge in [0.1, 0.15) is 0 Å². The SMILES string of the molecule is C=C(Nc1cccc(C(=O)[O-])c1)[C@H]1C(=O)NC(=O)N(CCCC)C1=O. The first-order chi connectivity index (χ1) is 11.8. The van der Waals surface area contributed by atoms with E-state index in [4.69, 9.17) is 0 Å². The molecule has 0 radical (unpaired) electrons. The number of imide groups is 2. The van der Waals surface area contributed by atoms with Gasteiger partial charge in [0.25, 0.3) is 0 Å². The van der Waals surface area contributed by atoms with Gasteiger partial charge in [0.2, 0.25) is 11.8 Å². The third kappa shape index (κ3) is 4.03. The van der Waals surface area contributed by atoms with E-state index in [-0.39, 0.29) is 17.8 Å². The summed E-state index contributed by atoms with van der Waals surface area (Å²) in [7, 11) is 0. The van der Waals surface area contributed by atoms with Crippen molar-refractivity contribution in [3.63, 3.8) is 0 Å². The van der Waals surface area contributed by atoms with Crippen molar-refractivity contribution in [2.75, 3.05) is 11.9 Å². The van der Waals surface area contributed by atoms with Gasteiger partial charge in [-0.3, -0.25) is 19.8 Å². The number of carbonyl (C=O) groups is 4. The number of benzene rings is 1. The minimum atomic E-state index is -1.35. The quantitative estimate of drug-likeness (QED) is 0.694. The van der Waals surface area contributed by atoms with Gasteiger partial charge in [0.15, 0.2) is 5.92 Å². The number of nitrogens with zero attached hydrogens (tertiary/aromatic N) is 1. The van der Waals surface area contributed by atoms with Crippen LogP contribution in [0, 0.1) is 5.92 Å². The van der Waals surface area contributed by atoms with Crippen molar-refractivity contribution in [2.45, 2.75) is 19.8 Å². The number of rotatable bonds is 7. The fraction of sp³-hybridized carbons (Fsp3) is 0.294. The van der Waals surface area contributed by atoms with Crippen LogP contribution in [-0.4, -0.2) is 35.3 Å². The molecule has 1 aliphatic rings. The topological polar surface area (TPSA) is 119 Å². The van der Waals surface area contributed by atoms with Gasteiger partial charge in [-0.2, -0.15) is 0 Å². The summed E-state index contributed by atoms with van der Waals surface area (Å²) in [6.45, 7) is 5.82. The van der Waals surface area contributed by atoms with Crippen LogP contribution >= 0.6 is 0 Å². The summed E-state index contributed by atoms with van der Waals surface area (Å²) in [6, 6.07) is 4.95. The Hall–Kier alpha value is -3.16. The first kappa shape index (κ1) is 18.2. The molecule has 0 bridgehead atoms. The molecule has 8 heteroatoms. The first-order valence-corrected chi connectivity index (χ1v) is 7.78. The van der Waals surface area contributed by atoms with E-state index in [1.165, 1.54) is 18.2 Å². The van der Waals surface area contributed by atoms with Crippen LogP contribution in [0.5, 0.6) is 0 Å². The largest absolute Gasteiger partial charge is 0.545 e. The number of carboxylic acids is 1. The van der Waals surface area contributed by atoms with Gasteiger partial charge in [0, 0.05) is 17.9 Å². The summed E-state index contributed by atoms with van der Waals surface area (Å²) in [5.41, 5.74) is 0.327. The van der Waals surface area contributed by atoms with Gasteiger partial charge in [-0.05, 0) is 24.1 Å². The Kier molecular flexibility index (Phi) is 5.53. The summed E-state index contributed by atoms with van der Waals surface area (Å²) in [5, 5.41) is 15.8. The predicted molar refractivity (Wildman–Crippen MR) is 87.2 cm³/mol. The maximum Gasteiger partial charge on any atom is 0.330 e. The lowest BCUT2D eigenvalue weighted by Gasteiger charge is -2.31. The highest BCUT2D eigenvalue weighted by Gasteiger charge is 2.41. The Balaban J connectivity index is 2.17. The number of anilines is 1. The van der Waals surface area contributed by atoms with Crippen LogP contribution in [0.1, 0.15) is 30.1 Å². The summed E-state index contributed by atoms with van der Waals surface area (Å²) >= 11 is 0. The number of barbiturate groups is 1. The van der Waals surface area contributed by atoms with Crippen LogP contribution in [0.2, 0.25) is 0 Å². The van der Waals surface area contributed by atoms with Crippen LogP contribution in [-0.2, 0) is 9.59 Å². The second-order valence-electron chi connectivity index (χ2n) is 5.59. The molecule has 8 nitrogen and oxygen atoms in total. The second-order valence-corrected chi connectivity index (χ2v) is 5.59. The summed E-state index contributed by atoms with van der Waals surface area (Å²) in [4.78, 5) is 48.3. The smallest absolute Gasteiger partial charge is 0.330 e. The van der Waals surface area contributed by atoms with Crippen LogP contribution in [0.3, 0.4) is 0 Å². The van der Waals surface area contributed by atoms with Gasteiger partial charge in [-0.15, -0.1) is 0 Å². The minimum Gasteiger partial charge on any atom is -0.545 e. The average molecular weight is 344 g/mol. The van der Waals surface area contributed by atoms with Gasteiger partial charge in [-0.25, -0.2) is 4.79 Å². The van der Waals surface area contributed by atoms with Crippen molar-refractivity contribution >= 4 is 29.5 Å². The molecule has 4 amide bonds. The average Bonchev–Trinajstić information content (AvgIpc) is 2.54. The molecule has 0 saturated carbocycles. The molecule has 1 atom stereocenters. The summed E-state index contributed by atoms with van der Waals surface area (Å²) < 4.78 is 0. The van der Waals surface area contributed by atoms with E-state index in [0.717, 1.165) is 11.3 Å². The molecule has 0 unspecified atom stereocenters. The number of amides is 4. The molecule has 1 aromatic carbocycles. The molecular weight excluding hydrogens is 326 g/mol. The molecule has 1 aliphatic heterocycles. The molecule has 1 saturated heterocycles. The van der Waals surface area contributed by atoms with E-state index in [2.05, 4.69) is 17.2 Å². The lowest BCUT2D eigenvalue weighted by molar-refractivity contribution is -0.255.